The molecule has 0 radical (unpaired) electrons. The molecule has 30 heavy (non-hydrogen) atoms. The number of aliphatic imine (C=N–C) groups is 2. The second kappa shape index (κ2) is 8.45. The molecule has 0 aromatic heterocycles. The molecular weight excluding hydrogens is 425 g/mol. The van der Waals surface area contributed by atoms with Gasteiger partial charge < -0.3 is 14.4 Å². The van der Waals surface area contributed by atoms with Crippen molar-refractivity contribution in [1.29, 1.82) is 0 Å². The standard InChI is InChI=1S/C21H21ClFN5OS/c22-20-18(26-30-28-10-7-14(23)12-28)3-1-4-19(20)29-15-5-6-17-16(11-15)21-24-8-2-9-27(21)13-25-17/h1,3-6,11,13-14,26H,2,7-10,12H2. The third-order valence-corrected chi connectivity index (χ3v) is 6.50. The van der Waals surface area contributed by atoms with Crippen LogP contribution < -0.4 is 9.46 Å². The van der Waals surface area contributed by atoms with Crippen molar-refractivity contribution < 1.29 is 9.13 Å². The highest BCUT2D eigenvalue weighted by atomic mass is 35.5. The Morgan fingerprint density at radius 3 is 3.03 bits per heavy atom. The minimum Gasteiger partial charge on any atom is -0.456 e. The molecule has 0 spiro atoms. The SMILES string of the molecule is FC1CCN(SNc2cccc(Oc3ccc4c(c3)C3=NCCCN3C=N4)c2Cl)C1. The highest BCUT2D eigenvalue weighted by Gasteiger charge is 2.24. The molecule has 5 rings (SSSR count). The first kappa shape index (κ1) is 19.7. The summed E-state index contributed by atoms with van der Waals surface area (Å²) < 4.78 is 24.6. The summed E-state index contributed by atoms with van der Waals surface area (Å²) in [5.41, 5.74) is 2.58. The first-order valence-corrected chi connectivity index (χ1v) is 11.1. The van der Waals surface area contributed by atoms with Gasteiger partial charge in [0.1, 0.15) is 28.5 Å². The van der Waals surface area contributed by atoms with Crippen LogP contribution in [-0.4, -0.2) is 53.7 Å². The maximum Gasteiger partial charge on any atom is 0.148 e. The lowest BCUT2D eigenvalue weighted by Gasteiger charge is -2.29. The van der Waals surface area contributed by atoms with Crippen molar-refractivity contribution >= 4 is 47.3 Å². The van der Waals surface area contributed by atoms with Crippen molar-refractivity contribution in [1.82, 2.24) is 9.21 Å². The zero-order chi connectivity index (χ0) is 20.5. The lowest BCUT2D eigenvalue weighted by Crippen LogP contribution is -2.36. The Hall–Kier alpha value is -2.29. The lowest BCUT2D eigenvalue weighted by molar-refractivity contribution is 0.349. The van der Waals surface area contributed by atoms with Gasteiger partial charge in [-0.1, -0.05) is 17.7 Å². The molecule has 3 heterocycles. The van der Waals surface area contributed by atoms with Crippen molar-refractivity contribution in [3.8, 4) is 11.5 Å². The summed E-state index contributed by atoms with van der Waals surface area (Å²) >= 11 is 7.95. The summed E-state index contributed by atoms with van der Waals surface area (Å²) in [5, 5.41) is 0.480. The van der Waals surface area contributed by atoms with Gasteiger partial charge in [0.2, 0.25) is 0 Å². The van der Waals surface area contributed by atoms with Crippen LogP contribution in [-0.2, 0) is 0 Å². The Kier molecular flexibility index (Phi) is 5.54. The number of hydrogen-bond donors (Lipinski definition) is 1. The predicted octanol–water partition coefficient (Wildman–Crippen LogP) is 5.28. The number of halogens is 2. The summed E-state index contributed by atoms with van der Waals surface area (Å²) in [4.78, 5) is 11.3. The number of amidine groups is 1. The molecular formula is C21H21ClFN5OS. The molecule has 2 aromatic rings. The number of anilines is 1. The highest BCUT2D eigenvalue weighted by Crippen LogP contribution is 2.38. The molecule has 0 bridgehead atoms. The van der Waals surface area contributed by atoms with Crippen LogP contribution in [0.2, 0.25) is 5.02 Å². The Labute approximate surface area is 184 Å². The normalized spacial score (nSPS) is 20.5. The molecule has 1 N–H and O–H groups in total. The number of hydrogen-bond acceptors (Lipinski definition) is 7. The van der Waals surface area contributed by atoms with Crippen molar-refractivity contribution in [2.75, 3.05) is 30.9 Å². The van der Waals surface area contributed by atoms with E-state index < -0.39 is 6.17 Å². The average molecular weight is 446 g/mol. The Morgan fingerprint density at radius 1 is 1.23 bits per heavy atom. The molecule has 0 amide bonds. The van der Waals surface area contributed by atoms with Crippen LogP contribution in [0.3, 0.4) is 0 Å². The second-order valence-corrected chi connectivity index (χ2v) is 8.64. The topological polar surface area (TPSA) is 52.5 Å². The molecule has 1 unspecified atom stereocenters. The van der Waals surface area contributed by atoms with Gasteiger partial charge in [0.05, 0.1) is 17.7 Å². The summed E-state index contributed by atoms with van der Waals surface area (Å²) in [5.74, 6) is 2.16. The van der Waals surface area contributed by atoms with E-state index in [1.807, 2.05) is 47.0 Å². The van der Waals surface area contributed by atoms with Gasteiger partial charge in [0, 0.05) is 43.9 Å². The number of ether oxygens (including phenoxy) is 1. The molecule has 6 nitrogen and oxygen atoms in total. The first-order chi connectivity index (χ1) is 14.7. The Bertz CT molecular complexity index is 1020. The fourth-order valence-corrected chi connectivity index (χ4v) is 4.76. The van der Waals surface area contributed by atoms with E-state index in [1.54, 1.807) is 0 Å². The average Bonchev–Trinajstić information content (AvgIpc) is 3.19. The molecule has 156 valence electrons. The second-order valence-electron chi connectivity index (χ2n) is 7.36. The smallest absolute Gasteiger partial charge is 0.148 e. The number of fused-ring (bicyclic) bond motifs is 3. The van der Waals surface area contributed by atoms with E-state index in [0.717, 1.165) is 42.3 Å². The molecule has 3 aliphatic rings. The van der Waals surface area contributed by atoms with Crippen molar-refractivity contribution in [3.05, 3.63) is 47.0 Å². The van der Waals surface area contributed by atoms with Gasteiger partial charge in [-0.2, -0.15) is 0 Å². The summed E-state index contributed by atoms with van der Waals surface area (Å²) in [6.07, 6.45) is 2.67. The third-order valence-electron chi connectivity index (χ3n) is 5.21. The molecule has 1 fully saturated rings. The molecule has 2 aromatic carbocycles. The quantitative estimate of drug-likeness (QED) is 0.635. The molecule has 0 saturated carbocycles. The van der Waals surface area contributed by atoms with Crippen LogP contribution in [0.4, 0.5) is 15.8 Å². The monoisotopic (exact) mass is 445 g/mol. The van der Waals surface area contributed by atoms with Crippen LogP contribution in [0.5, 0.6) is 11.5 Å². The van der Waals surface area contributed by atoms with Gasteiger partial charge in [-0.05, 0) is 43.2 Å². The van der Waals surface area contributed by atoms with Crippen LogP contribution in [0.25, 0.3) is 0 Å². The third kappa shape index (κ3) is 3.99. The van der Waals surface area contributed by atoms with Crippen LogP contribution in [0.1, 0.15) is 18.4 Å². The van der Waals surface area contributed by atoms with Gasteiger partial charge in [-0.15, -0.1) is 0 Å². The fraction of sp³-hybridized carbons (Fsp3) is 0.333. The zero-order valence-corrected chi connectivity index (χ0v) is 17.8. The van der Waals surface area contributed by atoms with E-state index >= 15 is 0 Å². The molecule has 1 saturated heterocycles. The molecule has 0 aliphatic carbocycles. The van der Waals surface area contributed by atoms with Crippen LogP contribution in [0.15, 0.2) is 46.4 Å². The van der Waals surface area contributed by atoms with Gasteiger partial charge in [0.15, 0.2) is 0 Å². The minimum absolute atomic E-state index is 0.421. The minimum atomic E-state index is -0.762. The number of nitrogens with zero attached hydrogens (tertiary/aromatic N) is 4. The van der Waals surface area contributed by atoms with Gasteiger partial charge >= 0.3 is 0 Å². The first-order valence-electron chi connectivity index (χ1n) is 9.95. The van der Waals surface area contributed by atoms with E-state index in [1.165, 1.54) is 12.1 Å². The highest BCUT2D eigenvalue weighted by molar-refractivity contribution is 7.98. The van der Waals surface area contributed by atoms with E-state index in [0.29, 0.717) is 36.0 Å². The van der Waals surface area contributed by atoms with E-state index in [4.69, 9.17) is 16.3 Å². The number of benzene rings is 2. The van der Waals surface area contributed by atoms with Gasteiger partial charge in [-0.3, -0.25) is 4.99 Å². The largest absolute Gasteiger partial charge is 0.456 e. The number of nitrogens with one attached hydrogen (secondary N) is 1. The number of alkyl halides is 1. The van der Waals surface area contributed by atoms with Crippen molar-refractivity contribution in [3.63, 3.8) is 0 Å². The van der Waals surface area contributed by atoms with E-state index in [9.17, 15) is 4.39 Å². The van der Waals surface area contributed by atoms with Gasteiger partial charge in [-0.25, -0.2) is 13.7 Å². The fourth-order valence-electron chi connectivity index (χ4n) is 3.66. The van der Waals surface area contributed by atoms with Crippen LogP contribution >= 0.6 is 23.7 Å². The molecule has 1 atom stereocenters. The van der Waals surface area contributed by atoms with E-state index in [2.05, 4.69) is 19.6 Å². The maximum atomic E-state index is 13.4. The van der Waals surface area contributed by atoms with Gasteiger partial charge in [0.25, 0.3) is 0 Å². The van der Waals surface area contributed by atoms with Crippen LogP contribution in [0, 0.1) is 0 Å². The van der Waals surface area contributed by atoms with E-state index in [-0.39, 0.29) is 0 Å². The number of rotatable bonds is 5. The summed E-state index contributed by atoms with van der Waals surface area (Å²) in [6.45, 7) is 2.88. The van der Waals surface area contributed by atoms with Crippen molar-refractivity contribution in [2.24, 2.45) is 9.98 Å². The maximum absolute atomic E-state index is 13.4. The Morgan fingerprint density at radius 2 is 2.17 bits per heavy atom. The zero-order valence-electron chi connectivity index (χ0n) is 16.2. The summed E-state index contributed by atoms with van der Waals surface area (Å²) in [6, 6.07) is 11.4. The summed E-state index contributed by atoms with van der Waals surface area (Å²) in [7, 11) is 0. The lowest BCUT2D eigenvalue weighted by atomic mass is 10.1. The predicted molar refractivity (Wildman–Crippen MR) is 121 cm³/mol. The molecule has 3 aliphatic heterocycles. The van der Waals surface area contributed by atoms with Crippen molar-refractivity contribution in [2.45, 2.75) is 19.0 Å². The molecule has 9 heteroatoms. The Balaban J connectivity index is 1.34.